The van der Waals surface area contributed by atoms with Gasteiger partial charge >= 0.3 is 5.69 Å². The van der Waals surface area contributed by atoms with Gasteiger partial charge in [-0.2, -0.15) is 4.98 Å². The lowest BCUT2D eigenvalue weighted by Gasteiger charge is -2.18. The second-order valence-corrected chi connectivity index (χ2v) is 8.10. The number of aromatic nitrogens is 4. The zero-order chi connectivity index (χ0) is 19.9. The van der Waals surface area contributed by atoms with Crippen molar-refractivity contribution in [1.29, 1.82) is 0 Å². The van der Waals surface area contributed by atoms with Crippen LogP contribution >= 0.6 is 0 Å². The molecule has 0 aliphatic carbocycles. The van der Waals surface area contributed by atoms with Gasteiger partial charge in [-0.25, -0.2) is 9.36 Å². The molecule has 150 valence electrons. The minimum Gasteiger partial charge on any atom is -0.617 e. The standard InChI is InChI=1S/C15H23N5O6S/c1-3-7(21)9-6-8(22)13(26-9)20-11-10(12(23)18-14(16)17-11)19(15(20)24)4-5-27(2)25/h7-9,13,21-22H,3-6H2,1-2H3,(H3,16,17,18,23)/t7?,8-,9+,13-,27?/m1/s1. The van der Waals surface area contributed by atoms with Crippen molar-refractivity contribution in [3.63, 3.8) is 0 Å². The molecule has 0 spiro atoms. The third-order valence-electron chi connectivity index (χ3n) is 4.65. The van der Waals surface area contributed by atoms with Gasteiger partial charge in [0, 0.05) is 6.42 Å². The highest BCUT2D eigenvalue weighted by molar-refractivity contribution is 7.90. The summed E-state index contributed by atoms with van der Waals surface area (Å²) < 4.78 is 19.4. The number of aromatic amines is 1. The molecule has 0 saturated carbocycles. The van der Waals surface area contributed by atoms with Crippen molar-refractivity contribution in [1.82, 2.24) is 19.1 Å². The van der Waals surface area contributed by atoms with Crippen LogP contribution in [0, 0.1) is 0 Å². The van der Waals surface area contributed by atoms with E-state index < -0.39 is 47.0 Å². The molecule has 2 unspecified atom stereocenters. The zero-order valence-corrected chi connectivity index (χ0v) is 15.8. The number of aliphatic hydroxyl groups excluding tert-OH is 2. The molecule has 5 atom stereocenters. The largest absolute Gasteiger partial charge is 0.617 e. The summed E-state index contributed by atoms with van der Waals surface area (Å²) in [5.74, 6) is -0.0243. The van der Waals surface area contributed by atoms with Crippen molar-refractivity contribution in [3.8, 4) is 0 Å². The van der Waals surface area contributed by atoms with E-state index in [1.54, 1.807) is 6.92 Å². The van der Waals surface area contributed by atoms with Crippen LogP contribution in [0.1, 0.15) is 26.0 Å². The van der Waals surface area contributed by atoms with Crippen molar-refractivity contribution in [2.24, 2.45) is 0 Å². The summed E-state index contributed by atoms with van der Waals surface area (Å²) in [5.41, 5.74) is 4.31. The van der Waals surface area contributed by atoms with E-state index in [0.29, 0.717) is 6.42 Å². The molecule has 1 aliphatic heterocycles. The lowest BCUT2D eigenvalue weighted by molar-refractivity contribution is -0.0759. The van der Waals surface area contributed by atoms with E-state index in [9.17, 15) is 24.4 Å². The molecule has 1 fully saturated rings. The fourth-order valence-electron chi connectivity index (χ4n) is 3.28. The van der Waals surface area contributed by atoms with Gasteiger partial charge in [0.2, 0.25) is 5.95 Å². The van der Waals surface area contributed by atoms with Crippen LogP contribution in [-0.2, 0) is 22.5 Å². The van der Waals surface area contributed by atoms with E-state index in [-0.39, 0.29) is 35.8 Å². The Kier molecular flexibility index (Phi) is 5.63. The molecule has 2 aromatic heterocycles. The monoisotopic (exact) mass is 401 g/mol. The smallest absolute Gasteiger partial charge is 0.332 e. The van der Waals surface area contributed by atoms with Crippen molar-refractivity contribution in [3.05, 3.63) is 20.8 Å². The fourth-order valence-corrected chi connectivity index (χ4v) is 3.72. The van der Waals surface area contributed by atoms with Crippen LogP contribution in [0.4, 0.5) is 5.95 Å². The number of aryl methyl sites for hydroxylation is 1. The van der Waals surface area contributed by atoms with Gasteiger partial charge in [0.15, 0.2) is 17.4 Å². The second kappa shape index (κ2) is 7.64. The van der Waals surface area contributed by atoms with Gasteiger partial charge in [0.05, 0.1) is 25.0 Å². The Bertz CT molecular complexity index is 937. The van der Waals surface area contributed by atoms with Crippen LogP contribution in [-0.4, -0.2) is 64.2 Å². The molecule has 1 aliphatic rings. The first kappa shape index (κ1) is 19.9. The number of ether oxygens (including phenoxy) is 1. The number of anilines is 1. The third kappa shape index (κ3) is 3.62. The van der Waals surface area contributed by atoms with Crippen LogP contribution in [0.15, 0.2) is 9.59 Å². The Morgan fingerprint density at radius 1 is 1.52 bits per heavy atom. The fraction of sp³-hybridized carbons (Fsp3) is 0.667. The first-order valence-electron chi connectivity index (χ1n) is 8.56. The normalized spacial score (nSPS) is 25.1. The van der Waals surface area contributed by atoms with Gasteiger partial charge in [0.1, 0.15) is 11.9 Å². The average molecular weight is 401 g/mol. The topological polar surface area (TPSA) is 171 Å². The number of nitrogens with two attached hydrogens (primary N) is 1. The summed E-state index contributed by atoms with van der Waals surface area (Å²) in [7, 11) is 0. The number of nitrogens with zero attached hydrogens (tertiary/aromatic N) is 3. The van der Waals surface area contributed by atoms with Gasteiger partial charge in [-0.1, -0.05) is 18.1 Å². The van der Waals surface area contributed by atoms with Crippen molar-refractivity contribution >= 4 is 28.3 Å². The number of nitrogens with one attached hydrogen (secondary N) is 1. The van der Waals surface area contributed by atoms with Gasteiger partial charge in [0.25, 0.3) is 5.56 Å². The van der Waals surface area contributed by atoms with Gasteiger partial charge in [-0.15, -0.1) is 0 Å². The molecule has 0 bridgehead atoms. The SMILES string of the molecule is CCC(O)[C@@H]1C[C@@H](O)[C@H](n2c(=O)n(CC[S+](C)[O-])c3c(=O)[nH]c(N)nc32)O1. The van der Waals surface area contributed by atoms with E-state index in [1.807, 2.05) is 0 Å². The van der Waals surface area contributed by atoms with Gasteiger partial charge < -0.3 is 25.2 Å². The maximum absolute atomic E-state index is 13.0. The van der Waals surface area contributed by atoms with Crippen LogP contribution in [0.3, 0.4) is 0 Å². The van der Waals surface area contributed by atoms with E-state index in [1.165, 1.54) is 6.26 Å². The lowest BCUT2D eigenvalue weighted by Crippen LogP contribution is -2.33. The third-order valence-corrected chi connectivity index (χ3v) is 5.41. The highest BCUT2D eigenvalue weighted by atomic mass is 32.2. The summed E-state index contributed by atoms with van der Waals surface area (Å²) in [4.78, 5) is 31.7. The first-order chi connectivity index (χ1) is 12.7. The zero-order valence-electron chi connectivity index (χ0n) is 15.0. The minimum atomic E-state index is -1.18. The van der Waals surface area contributed by atoms with E-state index in [4.69, 9.17) is 10.5 Å². The maximum atomic E-state index is 13.0. The van der Waals surface area contributed by atoms with E-state index >= 15 is 0 Å². The number of H-pyrrole nitrogens is 1. The van der Waals surface area contributed by atoms with Gasteiger partial charge in [-0.05, 0) is 6.42 Å². The van der Waals surface area contributed by atoms with E-state index in [0.717, 1.165) is 9.13 Å². The molecule has 3 heterocycles. The van der Waals surface area contributed by atoms with Crippen molar-refractivity contribution in [2.45, 2.75) is 50.8 Å². The second-order valence-electron chi connectivity index (χ2n) is 6.55. The molecule has 11 nitrogen and oxygen atoms in total. The Morgan fingerprint density at radius 3 is 2.85 bits per heavy atom. The lowest BCUT2D eigenvalue weighted by atomic mass is 10.1. The molecule has 0 amide bonds. The Labute approximate surface area is 157 Å². The molecular formula is C15H23N5O6S. The summed E-state index contributed by atoms with van der Waals surface area (Å²) in [6.45, 7) is 1.81. The molecule has 12 heteroatoms. The summed E-state index contributed by atoms with van der Waals surface area (Å²) in [6.07, 6.45) is -1.58. The number of nitrogen functional groups attached to an aromatic ring is 1. The van der Waals surface area contributed by atoms with Gasteiger partial charge in [-0.3, -0.25) is 14.3 Å². The molecule has 0 radical (unpaired) electrons. The number of hydrogen-bond donors (Lipinski definition) is 4. The maximum Gasteiger partial charge on any atom is 0.332 e. The molecule has 3 rings (SSSR count). The highest BCUT2D eigenvalue weighted by Gasteiger charge is 2.40. The summed E-state index contributed by atoms with van der Waals surface area (Å²) in [6, 6.07) is 0. The van der Waals surface area contributed by atoms with Crippen LogP contribution in [0.25, 0.3) is 11.2 Å². The van der Waals surface area contributed by atoms with Crippen LogP contribution < -0.4 is 17.0 Å². The van der Waals surface area contributed by atoms with Crippen molar-refractivity contribution < 1.29 is 19.5 Å². The predicted molar refractivity (Wildman–Crippen MR) is 98.8 cm³/mol. The molecule has 0 aromatic carbocycles. The number of rotatable bonds is 6. The molecule has 2 aromatic rings. The molecular weight excluding hydrogens is 378 g/mol. The highest BCUT2D eigenvalue weighted by Crippen LogP contribution is 2.32. The average Bonchev–Trinajstić information content (AvgIpc) is 3.09. The molecule has 5 N–H and O–H groups in total. The van der Waals surface area contributed by atoms with Crippen LogP contribution in [0.5, 0.6) is 0 Å². The number of hydrogen-bond acceptors (Lipinski definition) is 8. The number of aliphatic hydroxyl groups is 2. The number of imidazole rings is 1. The van der Waals surface area contributed by atoms with Crippen molar-refractivity contribution in [2.75, 3.05) is 17.7 Å². The Morgan fingerprint density at radius 2 is 2.22 bits per heavy atom. The molecule has 27 heavy (non-hydrogen) atoms. The minimum absolute atomic E-state index is 0.0289. The summed E-state index contributed by atoms with van der Waals surface area (Å²) in [5, 5.41) is 20.4. The quantitative estimate of drug-likeness (QED) is 0.413. The van der Waals surface area contributed by atoms with Crippen LogP contribution in [0.2, 0.25) is 0 Å². The first-order valence-corrected chi connectivity index (χ1v) is 10.3. The molecule has 1 saturated heterocycles. The summed E-state index contributed by atoms with van der Waals surface area (Å²) >= 11 is -1.18. The Hall–Kier alpha value is -1.86. The predicted octanol–water partition coefficient (Wildman–Crippen LogP) is -1.73. The number of fused-ring (bicyclic) bond motifs is 1. The van der Waals surface area contributed by atoms with E-state index in [2.05, 4.69) is 9.97 Å². The Balaban J connectivity index is 2.14.